The van der Waals surface area contributed by atoms with Crippen molar-refractivity contribution in [3.05, 3.63) is 23.3 Å². The number of rotatable bonds is 6. The van der Waals surface area contributed by atoms with Gasteiger partial charge in [0.05, 0.1) is 6.61 Å². The summed E-state index contributed by atoms with van der Waals surface area (Å²) in [5.74, 6) is 1.51. The average Bonchev–Trinajstić information content (AvgIpc) is 3.11. The molecule has 2 bridgehead atoms. The molecule has 0 aromatic heterocycles. The fourth-order valence-corrected chi connectivity index (χ4v) is 4.93. The van der Waals surface area contributed by atoms with Gasteiger partial charge in [-0.3, -0.25) is 4.52 Å². The van der Waals surface area contributed by atoms with Crippen LogP contribution in [-0.4, -0.2) is 29.0 Å². The van der Waals surface area contributed by atoms with E-state index < -0.39 is 7.82 Å². The van der Waals surface area contributed by atoms with Crippen LogP contribution in [-0.2, 0) is 18.6 Å². The summed E-state index contributed by atoms with van der Waals surface area (Å²) in [7, 11) is -4.38. The fraction of sp³-hybridized carbons (Fsp3) is 0.688. The molecule has 6 nitrogen and oxygen atoms in total. The van der Waals surface area contributed by atoms with Crippen LogP contribution in [0.25, 0.3) is 0 Å². The highest BCUT2D eigenvalue weighted by atomic mass is 31.2. The van der Waals surface area contributed by atoms with Crippen molar-refractivity contribution >= 4 is 13.8 Å². The number of carbonyl (C=O) groups excluding carboxylic acids is 1. The number of allylic oxidation sites excluding steroid dienone is 1. The first kappa shape index (κ1) is 16.9. The lowest BCUT2D eigenvalue weighted by atomic mass is 9.83. The first-order chi connectivity index (χ1) is 10.7. The van der Waals surface area contributed by atoms with Crippen LogP contribution in [0.1, 0.15) is 32.6 Å². The van der Waals surface area contributed by atoms with Crippen molar-refractivity contribution in [2.75, 3.05) is 13.2 Å². The third kappa shape index (κ3) is 3.61. The molecule has 23 heavy (non-hydrogen) atoms. The molecular weight excluding hydrogens is 319 g/mol. The second-order valence-corrected chi connectivity index (χ2v) is 8.29. The van der Waals surface area contributed by atoms with Gasteiger partial charge in [-0.25, -0.2) is 9.36 Å². The van der Waals surface area contributed by atoms with E-state index in [0.29, 0.717) is 29.9 Å². The number of hydrogen-bond donors (Lipinski definition) is 2. The number of carbonyl (C=O) groups is 1. The van der Waals surface area contributed by atoms with E-state index in [0.717, 1.165) is 25.7 Å². The largest absolute Gasteiger partial charge is 0.469 e. The van der Waals surface area contributed by atoms with Crippen LogP contribution in [0.2, 0.25) is 0 Å². The summed E-state index contributed by atoms with van der Waals surface area (Å²) in [6.45, 7) is 5.70. The number of ether oxygens (including phenoxy) is 1. The van der Waals surface area contributed by atoms with Gasteiger partial charge in [0.2, 0.25) is 0 Å². The minimum absolute atomic E-state index is 0.122. The van der Waals surface area contributed by atoms with Crippen LogP contribution in [0.15, 0.2) is 23.3 Å². The van der Waals surface area contributed by atoms with E-state index in [9.17, 15) is 9.36 Å². The molecule has 4 atom stereocenters. The molecule has 3 aliphatic rings. The third-order valence-electron chi connectivity index (χ3n) is 5.41. The average molecular weight is 342 g/mol. The van der Waals surface area contributed by atoms with Crippen molar-refractivity contribution < 1.29 is 28.4 Å². The highest BCUT2D eigenvalue weighted by molar-refractivity contribution is 7.46. The molecule has 2 N–H and O–H groups in total. The predicted octanol–water partition coefficient (Wildman–Crippen LogP) is 2.58. The first-order valence-electron chi connectivity index (χ1n) is 7.98. The molecule has 2 fully saturated rings. The standard InChI is InChI=1S/C16H23O6P/c1-9(2)16(17)21-8-12-5-11-6-14(12)15-4-10(3-13(11)15)7-22-23(18,19)20/h10-11,13,15H,1,3-8H2,2H3,(H2,18,19,20)/t10?,11?,13?,15-/m1/s1. The van der Waals surface area contributed by atoms with Crippen molar-refractivity contribution in [2.45, 2.75) is 32.6 Å². The van der Waals surface area contributed by atoms with Crippen molar-refractivity contribution in [1.29, 1.82) is 0 Å². The summed E-state index contributed by atoms with van der Waals surface area (Å²) in [4.78, 5) is 29.2. The maximum Gasteiger partial charge on any atom is 0.469 e. The zero-order chi connectivity index (χ0) is 16.8. The van der Waals surface area contributed by atoms with Crippen molar-refractivity contribution in [3.63, 3.8) is 0 Å². The second kappa shape index (κ2) is 6.17. The molecule has 2 saturated carbocycles. The SMILES string of the molecule is C=C(C)C(=O)OCC1=C2CC(C1)C1CC(COP(=O)(O)O)C[C@@H]21. The minimum Gasteiger partial charge on any atom is -0.458 e. The molecule has 0 heterocycles. The van der Waals surface area contributed by atoms with Gasteiger partial charge in [0.15, 0.2) is 0 Å². The number of hydrogen-bond acceptors (Lipinski definition) is 4. The molecular formula is C16H23O6P. The van der Waals surface area contributed by atoms with Gasteiger partial charge in [0.25, 0.3) is 0 Å². The van der Waals surface area contributed by atoms with Crippen LogP contribution >= 0.6 is 7.82 Å². The highest BCUT2D eigenvalue weighted by Crippen LogP contribution is 2.60. The highest BCUT2D eigenvalue weighted by Gasteiger charge is 2.50. The summed E-state index contributed by atoms with van der Waals surface area (Å²) in [6, 6.07) is 0. The van der Waals surface area contributed by atoms with E-state index in [2.05, 4.69) is 11.1 Å². The first-order valence-corrected chi connectivity index (χ1v) is 9.51. The Bertz CT molecular complexity index is 604. The molecule has 3 aliphatic carbocycles. The van der Waals surface area contributed by atoms with E-state index in [1.165, 1.54) is 11.1 Å². The Morgan fingerprint density at radius 2 is 2.09 bits per heavy atom. The molecule has 0 aromatic carbocycles. The molecule has 3 unspecified atom stereocenters. The maximum atomic E-state index is 11.5. The molecule has 0 saturated heterocycles. The number of phosphoric acid groups is 1. The number of fused-ring (bicyclic) bond motifs is 5. The van der Waals surface area contributed by atoms with Crippen molar-refractivity contribution in [2.24, 2.45) is 23.7 Å². The Morgan fingerprint density at radius 1 is 1.35 bits per heavy atom. The predicted molar refractivity (Wildman–Crippen MR) is 83.2 cm³/mol. The Balaban J connectivity index is 1.59. The van der Waals surface area contributed by atoms with Crippen LogP contribution in [0.5, 0.6) is 0 Å². The molecule has 0 aromatic rings. The van der Waals surface area contributed by atoms with E-state index in [4.69, 9.17) is 14.5 Å². The van der Waals surface area contributed by atoms with Crippen LogP contribution in [0.3, 0.4) is 0 Å². The molecule has 128 valence electrons. The van der Waals surface area contributed by atoms with Gasteiger partial charge >= 0.3 is 13.8 Å². The summed E-state index contributed by atoms with van der Waals surface area (Å²) < 4.78 is 20.8. The van der Waals surface area contributed by atoms with Crippen LogP contribution in [0.4, 0.5) is 0 Å². The van der Waals surface area contributed by atoms with Crippen LogP contribution < -0.4 is 0 Å². The quantitative estimate of drug-likeness (QED) is 0.333. The molecule has 0 spiro atoms. The Labute approximate surface area is 135 Å². The van der Waals surface area contributed by atoms with Crippen molar-refractivity contribution in [3.8, 4) is 0 Å². The minimum atomic E-state index is -4.38. The van der Waals surface area contributed by atoms with E-state index in [1.807, 2.05) is 0 Å². The lowest BCUT2D eigenvalue weighted by Gasteiger charge is -2.23. The van der Waals surface area contributed by atoms with Gasteiger partial charge in [0.1, 0.15) is 6.61 Å². The van der Waals surface area contributed by atoms with Gasteiger partial charge in [0, 0.05) is 5.57 Å². The molecule has 0 radical (unpaired) electrons. The summed E-state index contributed by atoms with van der Waals surface area (Å²) >= 11 is 0. The maximum absolute atomic E-state index is 11.5. The summed E-state index contributed by atoms with van der Waals surface area (Å²) in [6.07, 6.45) is 3.94. The normalized spacial score (nSPS) is 32.3. The molecule has 3 rings (SSSR count). The fourth-order valence-electron chi connectivity index (χ4n) is 4.53. The number of esters is 1. The summed E-state index contributed by atoms with van der Waals surface area (Å²) in [5.41, 5.74) is 3.06. The van der Waals surface area contributed by atoms with E-state index in [1.54, 1.807) is 6.92 Å². The van der Waals surface area contributed by atoms with Gasteiger partial charge in [-0.15, -0.1) is 0 Å². The molecule has 7 heteroatoms. The third-order valence-corrected chi connectivity index (χ3v) is 5.90. The Hall–Kier alpha value is -0.940. The molecule has 0 aliphatic heterocycles. The van der Waals surface area contributed by atoms with Crippen molar-refractivity contribution in [1.82, 2.24) is 0 Å². The molecule has 0 amide bonds. The van der Waals surface area contributed by atoms with Gasteiger partial charge in [-0.2, -0.15) is 0 Å². The Morgan fingerprint density at radius 3 is 2.74 bits per heavy atom. The van der Waals surface area contributed by atoms with Gasteiger partial charge in [-0.05, 0) is 61.9 Å². The zero-order valence-electron chi connectivity index (χ0n) is 13.2. The van der Waals surface area contributed by atoms with Gasteiger partial charge in [-0.1, -0.05) is 12.2 Å². The smallest absolute Gasteiger partial charge is 0.458 e. The topological polar surface area (TPSA) is 93.1 Å². The van der Waals surface area contributed by atoms with Gasteiger partial charge < -0.3 is 14.5 Å². The van der Waals surface area contributed by atoms with Crippen LogP contribution in [0, 0.1) is 23.7 Å². The second-order valence-electron chi connectivity index (χ2n) is 7.05. The monoisotopic (exact) mass is 342 g/mol. The van der Waals surface area contributed by atoms with E-state index in [-0.39, 0.29) is 18.5 Å². The zero-order valence-corrected chi connectivity index (χ0v) is 14.1. The lowest BCUT2D eigenvalue weighted by molar-refractivity contribution is -0.138. The number of phosphoric ester groups is 1. The van der Waals surface area contributed by atoms with E-state index >= 15 is 0 Å². The summed E-state index contributed by atoms with van der Waals surface area (Å²) in [5, 5.41) is 0. The lowest BCUT2D eigenvalue weighted by Crippen LogP contribution is -2.17. The Kier molecular flexibility index (Phi) is 4.53.